The minimum absolute atomic E-state index is 0.456. The Morgan fingerprint density at radius 1 is 1.39 bits per heavy atom. The van der Waals surface area contributed by atoms with Gasteiger partial charge in [0, 0.05) is 12.2 Å². The summed E-state index contributed by atoms with van der Waals surface area (Å²) in [5.74, 6) is 0.456. The molecule has 0 aliphatic carbocycles. The molecule has 0 radical (unpaired) electrons. The van der Waals surface area contributed by atoms with Crippen LogP contribution in [0.4, 0.5) is 13.2 Å². The monoisotopic (exact) mass is 262 g/mol. The van der Waals surface area contributed by atoms with Crippen LogP contribution >= 0.6 is 0 Å². The van der Waals surface area contributed by atoms with Crippen molar-refractivity contribution >= 4 is 0 Å². The Balaban J connectivity index is 2.86. The van der Waals surface area contributed by atoms with Crippen molar-refractivity contribution < 1.29 is 17.9 Å². The van der Waals surface area contributed by atoms with Gasteiger partial charge in [-0.1, -0.05) is 6.92 Å². The lowest BCUT2D eigenvalue weighted by molar-refractivity contribution is -0.140. The summed E-state index contributed by atoms with van der Waals surface area (Å²) in [6.45, 7) is 2.43. The lowest BCUT2D eigenvalue weighted by atomic mass is 10.1. The van der Waals surface area contributed by atoms with Crippen LogP contribution in [0.5, 0.6) is 5.75 Å². The molecule has 1 heterocycles. The first-order chi connectivity index (χ1) is 8.46. The van der Waals surface area contributed by atoms with Gasteiger partial charge in [0.15, 0.2) is 0 Å². The number of ether oxygens (including phenoxy) is 1. The van der Waals surface area contributed by atoms with E-state index in [9.17, 15) is 13.2 Å². The third-order valence-corrected chi connectivity index (χ3v) is 2.45. The number of nitrogens with zero attached hydrogens (tertiary/aromatic N) is 1. The fourth-order valence-corrected chi connectivity index (χ4v) is 1.60. The van der Waals surface area contributed by atoms with Crippen molar-refractivity contribution in [3.05, 3.63) is 24.0 Å². The molecule has 0 spiro atoms. The molecule has 18 heavy (non-hydrogen) atoms. The summed E-state index contributed by atoms with van der Waals surface area (Å²) >= 11 is 0. The highest BCUT2D eigenvalue weighted by Gasteiger charge is 2.32. The van der Waals surface area contributed by atoms with Gasteiger partial charge in [-0.3, -0.25) is 4.98 Å². The standard InChI is InChI=1S/C12H17F3N2O/c1-3-4-17-11(6-12(13,14)15)9-5-10(18-2)8-16-7-9/h5,7-8,11,17H,3-4,6H2,1-2H3. The van der Waals surface area contributed by atoms with E-state index >= 15 is 0 Å². The molecule has 0 aliphatic heterocycles. The lowest BCUT2D eigenvalue weighted by Gasteiger charge is -2.20. The summed E-state index contributed by atoms with van der Waals surface area (Å²) in [4.78, 5) is 3.88. The number of hydrogen-bond acceptors (Lipinski definition) is 3. The maximum atomic E-state index is 12.5. The topological polar surface area (TPSA) is 34.2 Å². The normalized spacial score (nSPS) is 13.4. The van der Waals surface area contributed by atoms with E-state index in [2.05, 4.69) is 10.3 Å². The summed E-state index contributed by atoms with van der Waals surface area (Å²) in [6.07, 6.45) is -1.46. The van der Waals surface area contributed by atoms with Crippen molar-refractivity contribution in [3.63, 3.8) is 0 Å². The molecule has 0 aliphatic rings. The molecule has 1 aromatic heterocycles. The number of methoxy groups -OCH3 is 1. The minimum Gasteiger partial charge on any atom is -0.495 e. The molecule has 0 saturated carbocycles. The fourth-order valence-electron chi connectivity index (χ4n) is 1.60. The van der Waals surface area contributed by atoms with Gasteiger partial charge in [0.25, 0.3) is 0 Å². The van der Waals surface area contributed by atoms with Crippen LogP contribution in [0.1, 0.15) is 31.4 Å². The first-order valence-electron chi connectivity index (χ1n) is 5.75. The second kappa shape index (κ2) is 6.58. The number of hydrogen-bond donors (Lipinski definition) is 1. The van der Waals surface area contributed by atoms with Crippen LogP contribution in [-0.4, -0.2) is 24.8 Å². The molecule has 0 aromatic carbocycles. The van der Waals surface area contributed by atoms with Gasteiger partial charge in [-0.2, -0.15) is 13.2 Å². The molecule has 0 bridgehead atoms. The molecule has 1 rings (SSSR count). The van der Waals surface area contributed by atoms with Gasteiger partial charge in [-0.05, 0) is 24.6 Å². The van der Waals surface area contributed by atoms with Crippen LogP contribution < -0.4 is 10.1 Å². The van der Waals surface area contributed by atoms with Crippen LogP contribution in [0, 0.1) is 0 Å². The average Bonchev–Trinajstić information content (AvgIpc) is 2.33. The lowest BCUT2D eigenvalue weighted by Crippen LogP contribution is -2.27. The molecule has 0 amide bonds. The molecule has 0 fully saturated rings. The van der Waals surface area contributed by atoms with Crippen LogP contribution in [0.3, 0.4) is 0 Å². The van der Waals surface area contributed by atoms with Gasteiger partial charge in [0.05, 0.1) is 19.7 Å². The van der Waals surface area contributed by atoms with Gasteiger partial charge in [0.1, 0.15) is 5.75 Å². The molecule has 6 heteroatoms. The quantitative estimate of drug-likeness (QED) is 0.855. The maximum Gasteiger partial charge on any atom is 0.390 e. The molecule has 1 unspecified atom stereocenters. The zero-order chi connectivity index (χ0) is 13.6. The van der Waals surface area contributed by atoms with Gasteiger partial charge in [-0.15, -0.1) is 0 Å². The van der Waals surface area contributed by atoms with E-state index in [0.717, 1.165) is 6.42 Å². The average molecular weight is 262 g/mol. The number of alkyl halides is 3. The van der Waals surface area contributed by atoms with Crippen molar-refractivity contribution in [1.29, 1.82) is 0 Å². The van der Waals surface area contributed by atoms with E-state index in [1.807, 2.05) is 6.92 Å². The summed E-state index contributed by atoms with van der Waals surface area (Å²) in [7, 11) is 1.46. The first-order valence-corrected chi connectivity index (χ1v) is 5.75. The Kier molecular flexibility index (Phi) is 5.40. The Hall–Kier alpha value is -1.30. The third kappa shape index (κ3) is 4.91. The highest BCUT2D eigenvalue weighted by Crippen LogP contribution is 2.30. The molecule has 1 aromatic rings. The minimum atomic E-state index is -4.21. The molecule has 1 atom stereocenters. The summed E-state index contributed by atoms with van der Waals surface area (Å²) in [5.41, 5.74) is 0.486. The zero-order valence-corrected chi connectivity index (χ0v) is 10.4. The molecule has 102 valence electrons. The Morgan fingerprint density at radius 2 is 2.11 bits per heavy atom. The number of nitrogens with one attached hydrogen (secondary N) is 1. The molecule has 3 nitrogen and oxygen atoms in total. The predicted molar refractivity (Wildman–Crippen MR) is 62.5 cm³/mol. The smallest absolute Gasteiger partial charge is 0.390 e. The predicted octanol–water partition coefficient (Wildman–Crippen LogP) is 3.08. The van der Waals surface area contributed by atoms with E-state index in [1.54, 1.807) is 6.07 Å². The number of pyridine rings is 1. The second-order valence-corrected chi connectivity index (χ2v) is 3.98. The third-order valence-electron chi connectivity index (χ3n) is 2.45. The van der Waals surface area contributed by atoms with E-state index in [0.29, 0.717) is 17.9 Å². The molecule has 0 saturated heterocycles. The number of aromatic nitrogens is 1. The first kappa shape index (κ1) is 14.8. The summed E-state index contributed by atoms with van der Waals surface area (Å²) < 4.78 is 42.5. The van der Waals surface area contributed by atoms with Crippen molar-refractivity contribution in [3.8, 4) is 5.75 Å². The highest BCUT2D eigenvalue weighted by molar-refractivity contribution is 5.26. The Labute approximate surface area is 104 Å². The number of rotatable bonds is 6. The van der Waals surface area contributed by atoms with E-state index in [-0.39, 0.29) is 0 Å². The maximum absolute atomic E-state index is 12.5. The zero-order valence-electron chi connectivity index (χ0n) is 10.4. The van der Waals surface area contributed by atoms with Gasteiger partial charge in [0.2, 0.25) is 0 Å². The van der Waals surface area contributed by atoms with Gasteiger partial charge >= 0.3 is 6.18 Å². The van der Waals surface area contributed by atoms with Crippen LogP contribution in [0.15, 0.2) is 18.5 Å². The van der Waals surface area contributed by atoms with Gasteiger partial charge < -0.3 is 10.1 Å². The summed E-state index contributed by atoms with van der Waals surface area (Å²) in [6, 6.07) is 0.791. The highest BCUT2D eigenvalue weighted by atomic mass is 19.4. The molecule has 1 N–H and O–H groups in total. The SMILES string of the molecule is CCCNC(CC(F)(F)F)c1cncc(OC)c1. The number of halogens is 3. The van der Waals surface area contributed by atoms with Crippen LogP contribution in [0.25, 0.3) is 0 Å². The Bertz CT molecular complexity index is 369. The van der Waals surface area contributed by atoms with Crippen molar-refractivity contribution in [2.24, 2.45) is 0 Å². The van der Waals surface area contributed by atoms with E-state index in [4.69, 9.17) is 4.74 Å². The van der Waals surface area contributed by atoms with Crippen LogP contribution in [-0.2, 0) is 0 Å². The largest absolute Gasteiger partial charge is 0.495 e. The van der Waals surface area contributed by atoms with Gasteiger partial charge in [-0.25, -0.2) is 0 Å². The second-order valence-electron chi connectivity index (χ2n) is 3.98. The van der Waals surface area contributed by atoms with Crippen molar-refractivity contribution in [2.75, 3.05) is 13.7 Å². The summed E-state index contributed by atoms with van der Waals surface area (Å²) in [5, 5.41) is 2.88. The van der Waals surface area contributed by atoms with Crippen LogP contribution in [0.2, 0.25) is 0 Å². The molecular formula is C12H17F3N2O. The van der Waals surface area contributed by atoms with E-state index < -0.39 is 18.6 Å². The van der Waals surface area contributed by atoms with Crippen molar-refractivity contribution in [1.82, 2.24) is 10.3 Å². The Morgan fingerprint density at radius 3 is 2.67 bits per heavy atom. The molecular weight excluding hydrogens is 245 g/mol. The van der Waals surface area contributed by atoms with E-state index in [1.165, 1.54) is 19.5 Å². The van der Waals surface area contributed by atoms with Crippen molar-refractivity contribution in [2.45, 2.75) is 32.0 Å². The fraction of sp³-hybridized carbons (Fsp3) is 0.583.